The summed E-state index contributed by atoms with van der Waals surface area (Å²) < 4.78 is 5.40. The normalized spacial score (nSPS) is 11.3. The third-order valence-electron chi connectivity index (χ3n) is 5.58. The Morgan fingerprint density at radius 2 is 1.89 bits per heavy atom. The molecule has 0 spiro atoms. The van der Waals surface area contributed by atoms with Crippen molar-refractivity contribution in [2.75, 3.05) is 23.9 Å². The van der Waals surface area contributed by atoms with E-state index in [4.69, 9.17) is 4.74 Å². The summed E-state index contributed by atoms with van der Waals surface area (Å²) in [4.78, 5) is 27.1. The highest BCUT2D eigenvalue weighted by atomic mass is 16.5. The zero-order valence-electron chi connectivity index (χ0n) is 20.3. The molecule has 0 aliphatic heterocycles. The molecule has 0 saturated carbocycles. The predicted octanol–water partition coefficient (Wildman–Crippen LogP) is 5.64. The van der Waals surface area contributed by atoms with Crippen molar-refractivity contribution in [2.45, 2.75) is 32.7 Å². The maximum absolute atomic E-state index is 12.3. The van der Waals surface area contributed by atoms with Crippen molar-refractivity contribution in [1.82, 2.24) is 15.0 Å². The molecule has 180 valence electrons. The number of carboxylic acid groups (broad SMARTS) is 1. The lowest BCUT2D eigenvalue weighted by Crippen LogP contribution is -2.45. The summed E-state index contributed by atoms with van der Waals surface area (Å²) in [6, 6.07) is 17.2. The minimum atomic E-state index is -1.03. The molecule has 2 aromatic heterocycles. The second-order valence-electron chi connectivity index (χ2n) is 9.13. The Labute approximate surface area is 204 Å². The molecule has 0 unspecified atom stereocenters. The molecule has 0 fully saturated rings. The minimum absolute atomic E-state index is 0.501. The van der Waals surface area contributed by atoms with Crippen LogP contribution in [0.2, 0.25) is 0 Å². The number of benzene rings is 2. The molecule has 35 heavy (non-hydrogen) atoms. The summed E-state index contributed by atoms with van der Waals surface area (Å²) in [5.41, 5.74) is 2.38. The number of pyridine rings is 1. The fraction of sp³-hybridized carbons (Fsp3) is 0.259. The predicted molar refractivity (Wildman–Crippen MR) is 138 cm³/mol. The van der Waals surface area contributed by atoms with Gasteiger partial charge in [0.1, 0.15) is 5.75 Å². The van der Waals surface area contributed by atoms with Gasteiger partial charge in [-0.3, -0.25) is 9.88 Å². The number of fused-ring (bicyclic) bond motifs is 1. The molecule has 0 bridgehead atoms. The first-order valence-corrected chi connectivity index (χ1v) is 11.4. The number of rotatable bonds is 7. The van der Waals surface area contributed by atoms with Crippen LogP contribution in [-0.4, -0.2) is 45.3 Å². The van der Waals surface area contributed by atoms with Gasteiger partial charge < -0.3 is 15.2 Å². The maximum atomic E-state index is 12.3. The van der Waals surface area contributed by atoms with Crippen LogP contribution >= 0.6 is 0 Å². The summed E-state index contributed by atoms with van der Waals surface area (Å²) in [6.07, 6.45) is 3.19. The number of amides is 1. The van der Waals surface area contributed by atoms with E-state index in [0.717, 1.165) is 28.5 Å². The van der Waals surface area contributed by atoms with Crippen molar-refractivity contribution in [3.63, 3.8) is 0 Å². The van der Waals surface area contributed by atoms with Gasteiger partial charge in [-0.15, -0.1) is 0 Å². The van der Waals surface area contributed by atoms with Crippen LogP contribution in [0.5, 0.6) is 5.75 Å². The fourth-order valence-corrected chi connectivity index (χ4v) is 3.98. The van der Waals surface area contributed by atoms with E-state index in [-0.39, 0.29) is 0 Å². The quantitative estimate of drug-likeness (QED) is 0.360. The molecule has 2 heterocycles. The number of hydrogen-bond donors (Lipinski definition) is 2. The molecule has 8 nitrogen and oxygen atoms in total. The van der Waals surface area contributed by atoms with Crippen LogP contribution in [0.4, 0.5) is 16.4 Å². The summed E-state index contributed by atoms with van der Waals surface area (Å²) >= 11 is 0. The smallest absolute Gasteiger partial charge is 0.412 e. The van der Waals surface area contributed by atoms with Crippen molar-refractivity contribution in [2.24, 2.45) is 0 Å². The van der Waals surface area contributed by atoms with Gasteiger partial charge in [-0.1, -0.05) is 12.1 Å². The zero-order valence-corrected chi connectivity index (χ0v) is 20.3. The number of hydrogen-bond acceptors (Lipinski definition) is 6. The summed E-state index contributed by atoms with van der Waals surface area (Å²) in [6.45, 7) is 6.25. The lowest BCUT2D eigenvalue weighted by molar-refractivity contribution is 0.196. The van der Waals surface area contributed by atoms with Gasteiger partial charge in [0.25, 0.3) is 0 Å². The highest BCUT2D eigenvalue weighted by molar-refractivity contribution is 6.04. The molecular weight excluding hydrogens is 442 g/mol. The Balaban J connectivity index is 1.73. The largest absolute Gasteiger partial charge is 0.497 e. The first-order valence-electron chi connectivity index (χ1n) is 11.4. The monoisotopic (exact) mass is 471 g/mol. The van der Waals surface area contributed by atoms with Crippen molar-refractivity contribution in [3.8, 4) is 17.0 Å². The van der Waals surface area contributed by atoms with E-state index in [0.29, 0.717) is 29.6 Å². The molecule has 4 aromatic rings. The second-order valence-corrected chi connectivity index (χ2v) is 9.13. The molecule has 4 rings (SSSR count). The lowest BCUT2D eigenvalue weighted by atomic mass is 9.98. The number of aromatic nitrogens is 3. The first-order chi connectivity index (χ1) is 16.8. The molecule has 2 aromatic carbocycles. The lowest BCUT2D eigenvalue weighted by Gasteiger charge is -2.34. The molecule has 1 amide bonds. The third-order valence-corrected chi connectivity index (χ3v) is 5.58. The molecule has 0 aliphatic rings. The van der Waals surface area contributed by atoms with E-state index >= 15 is 0 Å². The van der Waals surface area contributed by atoms with Gasteiger partial charge >= 0.3 is 6.09 Å². The van der Waals surface area contributed by atoms with E-state index in [1.165, 1.54) is 4.90 Å². The standard InChI is InChI=1S/C27H29N5O3/c1-27(2,3)32(26(33)34)24-16-19(15-18-8-9-21(35-4)17-22(18)24)23-11-14-30-25(31-23)29-13-10-20-7-5-6-12-28-20/h5-9,11-12,14-17H,10,13H2,1-4H3,(H,33,34)(H,29,30,31). The van der Waals surface area contributed by atoms with Crippen molar-refractivity contribution < 1.29 is 14.6 Å². The molecule has 0 radical (unpaired) electrons. The van der Waals surface area contributed by atoms with Gasteiger partial charge in [0.2, 0.25) is 5.95 Å². The van der Waals surface area contributed by atoms with E-state index in [1.54, 1.807) is 19.5 Å². The fourth-order valence-electron chi connectivity index (χ4n) is 3.98. The average molecular weight is 472 g/mol. The van der Waals surface area contributed by atoms with Crippen molar-refractivity contribution >= 4 is 28.5 Å². The molecule has 8 heteroatoms. The van der Waals surface area contributed by atoms with Crippen LogP contribution < -0.4 is 15.0 Å². The van der Waals surface area contributed by atoms with E-state index in [9.17, 15) is 9.90 Å². The van der Waals surface area contributed by atoms with Crippen molar-refractivity contribution in [1.29, 1.82) is 0 Å². The highest BCUT2D eigenvalue weighted by Crippen LogP contribution is 2.37. The van der Waals surface area contributed by atoms with Crippen LogP contribution in [0.25, 0.3) is 22.0 Å². The van der Waals surface area contributed by atoms with Gasteiger partial charge in [-0.05, 0) is 68.6 Å². The van der Waals surface area contributed by atoms with Gasteiger partial charge in [0, 0.05) is 47.5 Å². The summed E-state index contributed by atoms with van der Waals surface area (Å²) in [5.74, 6) is 1.16. The minimum Gasteiger partial charge on any atom is -0.497 e. The number of nitrogens with one attached hydrogen (secondary N) is 1. The second kappa shape index (κ2) is 9.97. The van der Waals surface area contributed by atoms with Crippen LogP contribution in [0.1, 0.15) is 26.5 Å². The first kappa shape index (κ1) is 23.9. The molecule has 0 saturated heterocycles. The Bertz CT molecular complexity index is 1340. The van der Waals surface area contributed by atoms with Gasteiger partial charge in [0.05, 0.1) is 18.5 Å². The van der Waals surface area contributed by atoms with E-state index < -0.39 is 11.6 Å². The van der Waals surface area contributed by atoms with E-state index in [2.05, 4.69) is 20.3 Å². The summed E-state index contributed by atoms with van der Waals surface area (Å²) in [7, 11) is 1.59. The Hall–Kier alpha value is -4.20. The number of ether oxygens (including phenoxy) is 1. The molecule has 0 atom stereocenters. The van der Waals surface area contributed by atoms with Crippen LogP contribution in [0, 0.1) is 0 Å². The Kier molecular flexibility index (Phi) is 6.82. The summed E-state index contributed by atoms with van der Waals surface area (Å²) in [5, 5.41) is 15.0. The van der Waals surface area contributed by atoms with E-state index in [1.807, 2.05) is 75.4 Å². The Morgan fingerprint density at radius 3 is 2.57 bits per heavy atom. The number of methoxy groups -OCH3 is 1. The Morgan fingerprint density at radius 1 is 1.06 bits per heavy atom. The van der Waals surface area contributed by atoms with Crippen molar-refractivity contribution in [3.05, 3.63) is 72.7 Å². The SMILES string of the molecule is COc1ccc2cc(-c3ccnc(NCCc4ccccn4)n3)cc(N(C(=O)O)C(C)(C)C)c2c1. The van der Waals surface area contributed by atoms with Gasteiger partial charge in [-0.2, -0.15) is 0 Å². The van der Waals surface area contributed by atoms with Crippen LogP contribution in [0.3, 0.4) is 0 Å². The number of nitrogens with zero attached hydrogens (tertiary/aromatic N) is 4. The molecular formula is C27H29N5O3. The molecule has 2 N–H and O–H groups in total. The highest BCUT2D eigenvalue weighted by Gasteiger charge is 2.30. The molecule has 0 aliphatic carbocycles. The van der Waals surface area contributed by atoms with Gasteiger partial charge in [-0.25, -0.2) is 14.8 Å². The van der Waals surface area contributed by atoms with Crippen LogP contribution in [-0.2, 0) is 6.42 Å². The van der Waals surface area contributed by atoms with Gasteiger partial charge in [0.15, 0.2) is 0 Å². The maximum Gasteiger partial charge on any atom is 0.412 e. The number of anilines is 2. The average Bonchev–Trinajstić information content (AvgIpc) is 2.83. The number of carbonyl (C=O) groups is 1. The third kappa shape index (κ3) is 5.48. The zero-order chi connectivity index (χ0) is 25.0. The topological polar surface area (TPSA) is 100 Å². The van der Waals surface area contributed by atoms with Crippen LogP contribution in [0.15, 0.2) is 67.0 Å².